The van der Waals surface area contributed by atoms with E-state index < -0.39 is 18.2 Å². The lowest BCUT2D eigenvalue weighted by Gasteiger charge is -2.29. The number of unbranched alkanes of at least 4 members (excludes halogenated alkanes) is 1. The first-order valence-corrected chi connectivity index (χ1v) is 6.50. The average molecular weight is 260 g/mol. The number of carbonyl (C=O) groups excluding carboxylic acids is 1. The van der Waals surface area contributed by atoms with Gasteiger partial charge in [-0.1, -0.05) is 13.3 Å². The normalized spacial score (nSPS) is 32.7. The van der Waals surface area contributed by atoms with E-state index in [2.05, 4.69) is 12.2 Å². The Morgan fingerprint density at radius 2 is 1.89 bits per heavy atom. The predicted octanol–water partition coefficient (Wildman–Crippen LogP) is -1.31. The van der Waals surface area contributed by atoms with Gasteiger partial charge in [0.05, 0.1) is 30.9 Å². The molecular formula is C12H24N2O4. The third-order valence-corrected chi connectivity index (χ3v) is 3.51. The molecule has 1 fully saturated rings. The summed E-state index contributed by atoms with van der Waals surface area (Å²) in [5.74, 6) is -0.167. The van der Waals surface area contributed by atoms with Gasteiger partial charge in [0.1, 0.15) is 0 Å². The Morgan fingerprint density at radius 1 is 1.28 bits per heavy atom. The standard InChI is InChI=1S/C12H24N2O4/c1-3-4-5-14-9(6-13-8(2)16)11(17)12(18)10(14)7-15/h9-12,15,17-18H,3-7H2,1-2H3,(H,13,16)/t9-,10-,11-,12-/m1/s1. The highest BCUT2D eigenvalue weighted by atomic mass is 16.3. The van der Waals surface area contributed by atoms with E-state index in [4.69, 9.17) is 0 Å². The molecule has 4 atom stereocenters. The van der Waals surface area contributed by atoms with Crippen molar-refractivity contribution in [1.82, 2.24) is 10.2 Å². The quantitative estimate of drug-likeness (QED) is 0.476. The second-order valence-electron chi connectivity index (χ2n) is 4.83. The molecule has 0 aromatic heterocycles. The van der Waals surface area contributed by atoms with Crippen molar-refractivity contribution in [3.05, 3.63) is 0 Å². The highest BCUT2D eigenvalue weighted by Gasteiger charge is 2.46. The van der Waals surface area contributed by atoms with Gasteiger partial charge in [0.2, 0.25) is 5.91 Å². The van der Waals surface area contributed by atoms with Gasteiger partial charge in [-0.15, -0.1) is 0 Å². The molecule has 1 amide bonds. The molecule has 1 aliphatic rings. The van der Waals surface area contributed by atoms with Crippen molar-refractivity contribution in [2.24, 2.45) is 0 Å². The van der Waals surface area contributed by atoms with Crippen LogP contribution in [-0.4, -0.2) is 70.1 Å². The summed E-state index contributed by atoms with van der Waals surface area (Å²) in [4.78, 5) is 12.8. The van der Waals surface area contributed by atoms with Gasteiger partial charge < -0.3 is 20.6 Å². The van der Waals surface area contributed by atoms with Crippen LogP contribution in [0.25, 0.3) is 0 Å². The summed E-state index contributed by atoms with van der Waals surface area (Å²) < 4.78 is 0. The SMILES string of the molecule is CCCCN1[C@H](CO)[C@@H](O)[C@H](O)[C@H]1CNC(C)=O. The van der Waals surface area contributed by atoms with Gasteiger partial charge in [-0.3, -0.25) is 9.69 Å². The Labute approximate surface area is 108 Å². The highest BCUT2D eigenvalue weighted by molar-refractivity contribution is 5.72. The fourth-order valence-corrected chi connectivity index (χ4v) is 2.47. The van der Waals surface area contributed by atoms with Crippen molar-refractivity contribution < 1.29 is 20.1 Å². The molecular weight excluding hydrogens is 236 g/mol. The van der Waals surface area contributed by atoms with Gasteiger partial charge in [-0.05, 0) is 13.0 Å². The van der Waals surface area contributed by atoms with E-state index in [-0.39, 0.29) is 25.1 Å². The lowest BCUT2D eigenvalue weighted by molar-refractivity contribution is -0.119. The van der Waals surface area contributed by atoms with Crippen molar-refractivity contribution in [2.45, 2.75) is 51.0 Å². The summed E-state index contributed by atoms with van der Waals surface area (Å²) in [6.07, 6.45) is 0.0108. The minimum Gasteiger partial charge on any atom is -0.395 e. The average Bonchev–Trinajstić information content (AvgIpc) is 2.56. The highest BCUT2D eigenvalue weighted by Crippen LogP contribution is 2.25. The first-order valence-electron chi connectivity index (χ1n) is 6.50. The summed E-state index contributed by atoms with van der Waals surface area (Å²) in [6, 6.07) is -0.794. The molecule has 6 heteroatoms. The molecule has 18 heavy (non-hydrogen) atoms. The van der Waals surface area contributed by atoms with Crippen molar-refractivity contribution in [1.29, 1.82) is 0 Å². The Balaban J connectivity index is 2.71. The van der Waals surface area contributed by atoms with Gasteiger partial charge in [-0.25, -0.2) is 0 Å². The second kappa shape index (κ2) is 7.04. The van der Waals surface area contributed by atoms with E-state index in [1.807, 2.05) is 4.90 Å². The van der Waals surface area contributed by atoms with E-state index in [1.165, 1.54) is 6.92 Å². The maximum atomic E-state index is 10.9. The van der Waals surface area contributed by atoms with Crippen molar-refractivity contribution in [3.8, 4) is 0 Å². The number of nitrogens with zero attached hydrogens (tertiary/aromatic N) is 1. The van der Waals surface area contributed by atoms with Crippen LogP contribution in [0.5, 0.6) is 0 Å². The fraction of sp³-hybridized carbons (Fsp3) is 0.917. The summed E-state index contributed by atoms with van der Waals surface area (Å²) in [7, 11) is 0. The summed E-state index contributed by atoms with van der Waals surface area (Å²) in [6.45, 7) is 4.25. The van der Waals surface area contributed by atoms with Crippen molar-refractivity contribution >= 4 is 5.91 Å². The van der Waals surface area contributed by atoms with E-state index in [1.54, 1.807) is 0 Å². The van der Waals surface area contributed by atoms with Crippen LogP contribution in [0, 0.1) is 0 Å². The second-order valence-corrected chi connectivity index (χ2v) is 4.83. The third kappa shape index (κ3) is 3.41. The number of amides is 1. The molecule has 4 N–H and O–H groups in total. The molecule has 0 aliphatic carbocycles. The molecule has 0 spiro atoms. The number of nitrogens with one attached hydrogen (secondary N) is 1. The molecule has 1 rings (SSSR count). The smallest absolute Gasteiger partial charge is 0.216 e. The molecule has 0 unspecified atom stereocenters. The molecule has 0 bridgehead atoms. The Bertz CT molecular complexity index is 275. The molecule has 0 saturated carbocycles. The Hall–Kier alpha value is -0.690. The molecule has 0 radical (unpaired) electrons. The zero-order valence-corrected chi connectivity index (χ0v) is 11.0. The van der Waals surface area contributed by atoms with Crippen LogP contribution in [0.3, 0.4) is 0 Å². The van der Waals surface area contributed by atoms with Crippen LogP contribution in [-0.2, 0) is 4.79 Å². The minimum atomic E-state index is -0.967. The van der Waals surface area contributed by atoms with Crippen molar-refractivity contribution in [2.75, 3.05) is 19.7 Å². The topological polar surface area (TPSA) is 93.0 Å². The molecule has 6 nitrogen and oxygen atoms in total. The van der Waals surface area contributed by atoms with Gasteiger partial charge in [0.25, 0.3) is 0 Å². The van der Waals surface area contributed by atoms with E-state index in [9.17, 15) is 20.1 Å². The number of aliphatic hydroxyl groups is 3. The Morgan fingerprint density at radius 3 is 2.39 bits per heavy atom. The number of carbonyl (C=O) groups is 1. The maximum absolute atomic E-state index is 10.9. The van der Waals surface area contributed by atoms with Crippen LogP contribution in [0.15, 0.2) is 0 Å². The molecule has 106 valence electrons. The van der Waals surface area contributed by atoms with Gasteiger partial charge in [0, 0.05) is 13.5 Å². The molecule has 1 aliphatic heterocycles. The van der Waals surface area contributed by atoms with Gasteiger partial charge in [0.15, 0.2) is 0 Å². The Kier molecular flexibility index (Phi) is 6.01. The monoisotopic (exact) mass is 260 g/mol. The predicted molar refractivity (Wildman–Crippen MR) is 67.0 cm³/mol. The van der Waals surface area contributed by atoms with Crippen molar-refractivity contribution in [3.63, 3.8) is 0 Å². The van der Waals surface area contributed by atoms with Gasteiger partial charge >= 0.3 is 0 Å². The third-order valence-electron chi connectivity index (χ3n) is 3.51. The lowest BCUT2D eigenvalue weighted by Crippen LogP contribution is -2.47. The summed E-state index contributed by atoms with van der Waals surface area (Å²) in [5, 5.41) is 31.9. The number of hydrogen-bond donors (Lipinski definition) is 4. The molecule has 1 saturated heterocycles. The van der Waals surface area contributed by atoms with E-state index >= 15 is 0 Å². The lowest BCUT2D eigenvalue weighted by atomic mass is 10.1. The number of likely N-dealkylation sites (tertiary alicyclic amines) is 1. The van der Waals surface area contributed by atoms with E-state index in [0.717, 1.165) is 12.8 Å². The van der Waals surface area contributed by atoms with Crippen LogP contribution < -0.4 is 5.32 Å². The molecule has 0 aromatic rings. The summed E-state index contributed by atoms with van der Waals surface area (Å²) >= 11 is 0. The van der Waals surface area contributed by atoms with Crippen LogP contribution in [0.4, 0.5) is 0 Å². The number of hydrogen-bond acceptors (Lipinski definition) is 5. The number of rotatable bonds is 6. The zero-order chi connectivity index (χ0) is 13.7. The van der Waals surface area contributed by atoms with Gasteiger partial charge in [-0.2, -0.15) is 0 Å². The molecule has 0 aromatic carbocycles. The largest absolute Gasteiger partial charge is 0.395 e. The van der Waals surface area contributed by atoms with Crippen LogP contribution in [0.1, 0.15) is 26.7 Å². The zero-order valence-electron chi connectivity index (χ0n) is 11.0. The maximum Gasteiger partial charge on any atom is 0.216 e. The first kappa shape index (κ1) is 15.4. The fourth-order valence-electron chi connectivity index (χ4n) is 2.47. The first-order chi connectivity index (χ1) is 8.52. The van der Waals surface area contributed by atoms with E-state index in [0.29, 0.717) is 6.54 Å². The van der Waals surface area contributed by atoms with Crippen LogP contribution >= 0.6 is 0 Å². The molecule has 1 heterocycles. The summed E-state index contributed by atoms with van der Waals surface area (Å²) in [5.41, 5.74) is 0. The number of aliphatic hydroxyl groups excluding tert-OH is 3. The minimum absolute atomic E-state index is 0.167. The van der Waals surface area contributed by atoms with Crippen LogP contribution in [0.2, 0.25) is 0 Å².